The van der Waals surface area contributed by atoms with Gasteiger partial charge in [-0.25, -0.2) is 0 Å². The molecular formula is C20H12Cl4O2. The van der Waals surface area contributed by atoms with Crippen LogP contribution >= 0.6 is 46.4 Å². The van der Waals surface area contributed by atoms with Gasteiger partial charge in [-0.3, -0.25) is 0 Å². The molecule has 132 valence electrons. The minimum Gasteiger partial charge on any atom is -0.483 e. The van der Waals surface area contributed by atoms with Crippen molar-refractivity contribution >= 4 is 46.4 Å². The lowest BCUT2D eigenvalue weighted by atomic mass is 9.86. The first-order valence-corrected chi connectivity index (χ1v) is 9.34. The quantitative estimate of drug-likeness (QED) is 0.324. The number of ether oxygens (including phenoxy) is 2. The molecule has 0 aliphatic carbocycles. The van der Waals surface area contributed by atoms with E-state index in [1.54, 1.807) is 0 Å². The highest BCUT2D eigenvalue weighted by molar-refractivity contribution is 6.53. The van der Waals surface area contributed by atoms with E-state index in [9.17, 15) is 0 Å². The lowest BCUT2D eigenvalue weighted by Gasteiger charge is -2.40. The van der Waals surface area contributed by atoms with Gasteiger partial charge in [0.2, 0.25) is 0 Å². The first-order chi connectivity index (χ1) is 12.5. The van der Waals surface area contributed by atoms with Crippen LogP contribution in [-0.4, -0.2) is 6.61 Å². The van der Waals surface area contributed by atoms with Crippen molar-refractivity contribution in [2.45, 2.75) is 5.60 Å². The van der Waals surface area contributed by atoms with Crippen LogP contribution in [0.2, 0.25) is 20.1 Å². The Morgan fingerprint density at radius 3 is 1.58 bits per heavy atom. The van der Waals surface area contributed by atoms with Crippen LogP contribution < -0.4 is 9.47 Å². The van der Waals surface area contributed by atoms with Gasteiger partial charge in [0.1, 0.15) is 16.7 Å². The number of benzene rings is 3. The SMILES string of the molecule is Clc1c(Cl)c(Cl)c2c(c1Cl)OCC(c1ccccc1)(c1ccccc1)O2. The average Bonchev–Trinajstić information content (AvgIpc) is 2.71. The average molecular weight is 426 g/mol. The second kappa shape index (κ2) is 6.86. The summed E-state index contributed by atoms with van der Waals surface area (Å²) < 4.78 is 12.5. The molecule has 26 heavy (non-hydrogen) atoms. The minimum atomic E-state index is -0.889. The molecule has 6 heteroatoms. The molecule has 3 aromatic carbocycles. The Hall–Kier alpha value is -1.58. The zero-order valence-electron chi connectivity index (χ0n) is 13.3. The Bertz CT molecular complexity index is 919. The van der Waals surface area contributed by atoms with Crippen LogP contribution in [0.4, 0.5) is 0 Å². The summed E-state index contributed by atoms with van der Waals surface area (Å²) in [5, 5.41) is 0.642. The molecule has 0 saturated carbocycles. The normalized spacial score (nSPS) is 14.9. The summed E-state index contributed by atoms with van der Waals surface area (Å²) in [6.45, 7) is 0.210. The second-order valence-corrected chi connectivity index (χ2v) is 7.38. The van der Waals surface area contributed by atoms with Crippen LogP contribution in [0.15, 0.2) is 60.7 Å². The smallest absolute Gasteiger partial charge is 0.193 e. The fourth-order valence-electron chi connectivity index (χ4n) is 3.05. The molecule has 0 radical (unpaired) electrons. The summed E-state index contributed by atoms with van der Waals surface area (Å²) in [5.41, 5.74) is 0.963. The van der Waals surface area contributed by atoms with E-state index < -0.39 is 5.60 Å². The molecular weight excluding hydrogens is 414 g/mol. The fraction of sp³-hybridized carbons (Fsp3) is 0.100. The summed E-state index contributed by atoms with van der Waals surface area (Å²) in [7, 11) is 0. The van der Waals surface area contributed by atoms with Gasteiger partial charge in [0.15, 0.2) is 17.1 Å². The van der Waals surface area contributed by atoms with Crippen LogP contribution in [0.1, 0.15) is 11.1 Å². The molecule has 2 nitrogen and oxygen atoms in total. The summed E-state index contributed by atoms with van der Waals surface area (Å²) in [6.07, 6.45) is 0. The van der Waals surface area contributed by atoms with Crippen molar-refractivity contribution in [1.29, 1.82) is 0 Å². The Morgan fingerprint density at radius 2 is 1.08 bits per heavy atom. The number of hydrogen-bond donors (Lipinski definition) is 0. The molecule has 0 aromatic heterocycles. The van der Waals surface area contributed by atoms with E-state index in [2.05, 4.69) is 0 Å². The molecule has 0 amide bonds. The maximum Gasteiger partial charge on any atom is 0.193 e. The molecule has 0 unspecified atom stereocenters. The van der Waals surface area contributed by atoms with Crippen molar-refractivity contribution in [3.63, 3.8) is 0 Å². The van der Waals surface area contributed by atoms with Crippen molar-refractivity contribution in [1.82, 2.24) is 0 Å². The third-order valence-electron chi connectivity index (χ3n) is 4.36. The predicted molar refractivity (Wildman–Crippen MR) is 106 cm³/mol. The summed E-state index contributed by atoms with van der Waals surface area (Å²) >= 11 is 25.1. The maximum atomic E-state index is 6.45. The van der Waals surface area contributed by atoms with E-state index in [1.165, 1.54) is 0 Å². The van der Waals surface area contributed by atoms with Crippen LogP contribution in [0.25, 0.3) is 0 Å². The van der Waals surface area contributed by atoms with Gasteiger partial charge >= 0.3 is 0 Å². The number of hydrogen-bond acceptors (Lipinski definition) is 2. The molecule has 1 aliphatic rings. The van der Waals surface area contributed by atoms with Gasteiger partial charge in [0, 0.05) is 11.1 Å². The molecule has 0 N–H and O–H groups in total. The molecule has 1 aliphatic heterocycles. The highest BCUT2D eigenvalue weighted by Crippen LogP contribution is 2.55. The number of rotatable bonds is 2. The van der Waals surface area contributed by atoms with E-state index in [0.29, 0.717) is 5.75 Å². The topological polar surface area (TPSA) is 18.5 Å². The first-order valence-electron chi connectivity index (χ1n) is 7.83. The van der Waals surface area contributed by atoms with Gasteiger partial charge in [-0.2, -0.15) is 0 Å². The van der Waals surface area contributed by atoms with Crippen LogP contribution in [0.5, 0.6) is 11.5 Å². The van der Waals surface area contributed by atoms with Crippen molar-refractivity contribution < 1.29 is 9.47 Å². The van der Waals surface area contributed by atoms with Crippen molar-refractivity contribution in [3.05, 3.63) is 91.9 Å². The molecule has 3 aromatic rings. The molecule has 0 spiro atoms. The van der Waals surface area contributed by atoms with E-state index in [0.717, 1.165) is 11.1 Å². The Morgan fingerprint density at radius 1 is 0.615 bits per heavy atom. The van der Waals surface area contributed by atoms with Crippen molar-refractivity contribution in [2.24, 2.45) is 0 Å². The Kier molecular flexibility index (Phi) is 4.70. The van der Waals surface area contributed by atoms with Crippen molar-refractivity contribution in [3.8, 4) is 11.5 Å². The third-order valence-corrected chi connectivity index (χ3v) is 6.13. The van der Waals surface area contributed by atoms with Crippen LogP contribution in [0, 0.1) is 0 Å². The van der Waals surface area contributed by atoms with Crippen molar-refractivity contribution in [2.75, 3.05) is 6.61 Å². The van der Waals surface area contributed by atoms with Gasteiger partial charge < -0.3 is 9.47 Å². The molecule has 0 fully saturated rings. The zero-order chi connectivity index (χ0) is 18.3. The summed E-state index contributed by atoms with van der Waals surface area (Å²) in [6, 6.07) is 19.6. The maximum absolute atomic E-state index is 6.45. The van der Waals surface area contributed by atoms with E-state index in [4.69, 9.17) is 55.9 Å². The lowest BCUT2D eigenvalue weighted by Crippen LogP contribution is -2.43. The van der Waals surface area contributed by atoms with E-state index in [1.807, 2.05) is 60.7 Å². The molecule has 0 saturated heterocycles. The molecule has 4 rings (SSSR count). The molecule has 0 atom stereocenters. The fourth-order valence-corrected chi connectivity index (χ4v) is 3.97. The van der Waals surface area contributed by atoms with E-state index in [-0.39, 0.29) is 32.4 Å². The van der Waals surface area contributed by atoms with Gasteiger partial charge in [-0.1, -0.05) is 107 Å². The van der Waals surface area contributed by atoms with Crippen LogP contribution in [-0.2, 0) is 5.60 Å². The van der Waals surface area contributed by atoms with Gasteiger partial charge in [-0.15, -0.1) is 0 Å². The largest absolute Gasteiger partial charge is 0.483 e. The third kappa shape index (κ3) is 2.73. The highest BCUT2D eigenvalue weighted by Gasteiger charge is 2.44. The Balaban J connectivity index is 1.95. The van der Waals surface area contributed by atoms with Gasteiger partial charge in [0.25, 0.3) is 0 Å². The predicted octanol–water partition coefficient (Wildman–Crippen LogP) is 7.02. The minimum absolute atomic E-state index is 0.137. The summed E-state index contributed by atoms with van der Waals surface area (Å²) in [5.74, 6) is 0.582. The van der Waals surface area contributed by atoms with E-state index >= 15 is 0 Å². The first kappa shape index (κ1) is 17.8. The number of fused-ring (bicyclic) bond motifs is 1. The lowest BCUT2D eigenvalue weighted by molar-refractivity contribution is 0.0207. The molecule has 0 bridgehead atoms. The molecule has 1 heterocycles. The summed E-state index contributed by atoms with van der Waals surface area (Å²) in [4.78, 5) is 0. The monoisotopic (exact) mass is 424 g/mol. The number of halogens is 4. The Labute approximate surface area is 171 Å². The zero-order valence-corrected chi connectivity index (χ0v) is 16.3. The standard InChI is InChI=1S/C20H12Cl4O2/c21-14-15(22)17(24)19-18(16(14)23)25-11-20(26-19,12-7-3-1-4-8-12)13-9-5-2-6-10-13/h1-10H,11H2. The highest BCUT2D eigenvalue weighted by atomic mass is 35.5. The van der Waals surface area contributed by atoms with Gasteiger partial charge in [-0.05, 0) is 0 Å². The van der Waals surface area contributed by atoms with Gasteiger partial charge in [0.05, 0.1) is 10.0 Å². The van der Waals surface area contributed by atoms with Crippen LogP contribution in [0.3, 0.4) is 0 Å². The second-order valence-electron chi connectivity index (χ2n) is 5.86.